The molecule has 0 aliphatic carbocycles. The first kappa shape index (κ1) is 22.6. The van der Waals surface area contributed by atoms with Crippen LogP contribution in [0.4, 0.5) is 8.78 Å². The van der Waals surface area contributed by atoms with Crippen LogP contribution >= 0.6 is 11.6 Å². The molecule has 0 saturated carbocycles. The summed E-state index contributed by atoms with van der Waals surface area (Å²) in [5.74, 6) is -1.83. The average Bonchev–Trinajstić information content (AvgIpc) is 2.69. The molecule has 0 fully saturated rings. The second-order valence-electron chi connectivity index (χ2n) is 6.80. The lowest BCUT2D eigenvalue weighted by Gasteiger charge is -2.14. The van der Waals surface area contributed by atoms with Gasteiger partial charge in [0.05, 0.1) is 29.2 Å². The second-order valence-corrected chi connectivity index (χ2v) is 7.20. The molecule has 0 amide bonds. The number of benzene rings is 2. The highest BCUT2D eigenvalue weighted by Crippen LogP contribution is 2.35. The topological polar surface area (TPSA) is 99.9 Å². The zero-order valence-electron chi connectivity index (χ0n) is 16.0. The number of aliphatic hydroxyl groups excluding tert-OH is 2. The van der Waals surface area contributed by atoms with E-state index in [4.69, 9.17) is 21.4 Å². The largest absolute Gasteiger partial charge is 0.481 e. The molecule has 0 bridgehead atoms. The van der Waals surface area contributed by atoms with Crippen molar-refractivity contribution < 1.29 is 33.6 Å². The van der Waals surface area contributed by atoms with Gasteiger partial charge in [-0.3, -0.25) is 9.78 Å². The summed E-state index contributed by atoms with van der Waals surface area (Å²) in [6, 6.07) is 7.72. The van der Waals surface area contributed by atoms with Crippen LogP contribution in [0.25, 0.3) is 17.0 Å². The molecule has 162 valence electrons. The molecule has 6 nitrogen and oxygen atoms in total. The summed E-state index contributed by atoms with van der Waals surface area (Å²) in [5, 5.41) is 28.6. The molecule has 1 heterocycles. The van der Waals surface area contributed by atoms with Gasteiger partial charge in [0.1, 0.15) is 23.1 Å². The number of fused-ring (bicyclic) bond motifs is 1. The number of carbonyl (C=O) groups is 1. The fraction of sp³-hybridized carbons (Fsp3) is 0.182. The predicted molar refractivity (Wildman–Crippen MR) is 111 cm³/mol. The molecule has 0 aliphatic rings. The van der Waals surface area contributed by atoms with Crippen LogP contribution in [0.15, 0.2) is 48.7 Å². The number of ether oxygens (including phenoxy) is 1. The molecule has 0 unspecified atom stereocenters. The van der Waals surface area contributed by atoms with Crippen LogP contribution < -0.4 is 4.74 Å². The van der Waals surface area contributed by atoms with Crippen molar-refractivity contribution in [2.45, 2.75) is 25.0 Å². The Labute approximate surface area is 181 Å². The molecule has 0 aliphatic heterocycles. The van der Waals surface area contributed by atoms with E-state index in [1.54, 1.807) is 0 Å². The summed E-state index contributed by atoms with van der Waals surface area (Å²) in [6.07, 6.45) is 1.15. The van der Waals surface area contributed by atoms with Gasteiger partial charge < -0.3 is 20.1 Å². The van der Waals surface area contributed by atoms with Crippen LogP contribution in [0, 0.1) is 11.6 Å². The highest BCUT2D eigenvalue weighted by molar-refractivity contribution is 6.31. The molecular formula is C22H18ClF2NO5. The Hall–Kier alpha value is -3.07. The van der Waals surface area contributed by atoms with E-state index in [1.165, 1.54) is 48.7 Å². The summed E-state index contributed by atoms with van der Waals surface area (Å²) in [4.78, 5) is 14.9. The van der Waals surface area contributed by atoms with E-state index in [9.17, 15) is 23.8 Å². The number of pyridine rings is 1. The van der Waals surface area contributed by atoms with Gasteiger partial charge >= 0.3 is 5.97 Å². The second kappa shape index (κ2) is 9.82. The first-order chi connectivity index (χ1) is 14.7. The van der Waals surface area contributed by atoms with Crippen molar-refractivity contribution in [2.24, 2.45) is 0 Å². The molecule has 0 spiro atoms. The normalized spacial score (nSPS) is 13.5. The van der Waals surface area contributed by atoms with E-state index in [1.807, 2.05) is 0 Å². The summed E-state index contributed by atoms with van der Waals surface area (Å²) < 4.78 is 33.2. The number of hydrogen-bond acceptors (Lipinski definition) is 5. The average molecular weight is 450 g/mol. The van der Waals surface area contributed by atoms with Gasteiger partial charge in [-0.25, -0.2) is 8.78 Å². The van der Waals surface area contributed by atoms with Gasteiger partial charge in [0.25, 0.3) is 0 Å². The highest BCUT2D eigenvalue weighted by Gasteiger charge is 2.16. The van der Waals surface area contributed by atoms with Crippen molar-refractivity contribution in [1.29, 1.82) is 0 Å². The van der Waals surface area contributed by atoms with Crippen LogP contribution in [0.5, 0.6) is 11.5 Å². The van der Waals surface area contributed by atoms with Crippen molar-refractivity contribution in [1.82, 2.24) is 4.98 Å². The Kier molecular flexibility index (Phi) is 7.17. The SMILES string of the molecule is O=C(O)C[C@H](O)C[C@H](O)/C=C/c1cnc2cc(Cl)c(F)cc2c1Oc1ccc(F)cc1. The predicted octanol–water partition coefficient (Wildman–Crippen LogP) is 4.56. The van der Waals surface area contributed by atoms with Crippen LogP contribution in [0.2, 0.25) is 5.02 Å². The monoisotopic (exact) mass is 449 g/mol. The minimum Gasteiger partial charge on any atom is -0.481 e. The van der Waals surface area contributed by atoms with Gasteiger partial charge in [-0.15, -0.1) is 0 Å². The van der Waals surface area contributed by atoms with Gasteiger partial charge in [-0.1, -0.05) is 23.8 Å². The molecule has 31 heavy (non-hydrogen) atoms. The van der Waals surface area contributed by atoms with Crippen molar-refractivity contribution >= 4 is 34.5 Å². The summed E-state index contributed by atoms with van der Waals surface area (Å²) in [7, 11) is 0. The van der Waals surface area contributed by atoms with Crippen molar-refractivity contribution in [3.8, 4) is 11.5 Å². The van der Waals surface area contributed by atoms with Crippen molar-refractivity contribution in [3.63, 3.8) is 0 Å². The third-order valence-electron chi connectivity index (χ3n) is 4.34. The first-order valence-electron chi connectivity index (χ1n) is 9.20. The third kappa shape index (κ3) is 5.97. The van der Waals surface area contributed by atoms with Crippen LogP contribution in [0.3, 0.4) is 0 Å². The van der Waals surface area contributed by atoms with Gasteiger partial charge in [-0.2, -0.15) is 0 Å². The molecule has 3 rings (SSSR count). The Bertz CT molecular complexity index is 1120. The van der Waals surface area contributed by atoms with Crippen molar-refractivity contribution in [3.05, 3.63) is 70.9 Å². The molecule has 9 heteroatoms. The molecule has 0 saturated heterocycles. The van der Waals surface area contributed by atoms with Gasteiger partial charge in [-0.05, 0) is 36.4 Å². The Morgan fingerprint density at radius 2 is 1.90 bits per heavy atom. The lowest BCUT2D eigenvalue weighted by molar-refractivity contribution is -0.139. The quantitative estimate of drug-likeness (QED) is 0.466. The number of aliphatic carboxylic acids is 1. The first-order valence-corrected chi connectivity index (χ1v) is 9.58. The molecule has 0 radical (unpaired) electrons. The minimum absolute atomic E-state index is 0.112. The molecule has 3 N–H and O–H groups in total. The fourth-order valence-electron chi connectivity index (χ4n) is 2.89. The van der Waals surface area contributed by atoms with Gasteiger partial charge in [0.15, 0.2) is 0 Å². The summed E-state index contributed by atoms with van der Waals surface area (Å²) >= 11 is 5.83. The number of aliphatic hydroxyl groups is 2. The maximum Gasteiger partial charge on any atom is 0.305 e. The highest BCUT2D eigenvalue weighted by atomic mass is 35.5. The Morgan fingerprint density at radius 1 is 1.19 bits per heavy atom. The van der Waals surface area contributed by atoms with Gasteiger partial charge in [0.2, 0.25) is 0 Å². The molecule has 2 atom stereocenters. The van der Waals surface area contributed by atoms with E-state index in [2.05, 4.69) is 4.98 Å². The van der Waals surface area contributed by atoms with Crippen LogP contribution in [0.1, 0.15) is 18.4 Å². The zero-order chi connectivity index (χ0) is 22.5. The number of aromatic nitrogens is 1. The van der Waals surface area contributed by atoms with Crippen LogP contribution in [-0.2, 0) is 4.79 Å². The fourth-order valence-corrected chi connectivity index (χ4v) is 3.05. The van der Waals surface area contributed by atoms with E-state index in [0.717, 1.165) is 6.07 Å². The number of rotatable bonds is 8. The molecule has 1 aromatic heterocycles. The van der Waals surface area contributed by atoms with Crippen LogP contribution in [-0.4, -0.2) is 38.5 Å². The van der Waals surface area contributed by atoms with E-state index in [-0.39, 0.29) is 22.9 Å². The standard InChI is InChI=1S/C22H18ClF2NO5/c23-18-10-20-17(9-19(18)25)22(31-16-5-2-13(24)3-6-16)12(11-26-20)1-4-14(27)7-15(28)8-21(29)30/h1-6,9-11,14-15,27-28H,7-8H2,(H,29,30)/b4-1+/t14-,15-/m1/s1. The summed E-state index contributed by atoms with van der Waals surface area (Å²) in [6.45, 7) is 0. The third-order valence-corrected chi connectivity index (χ3v) is 4.63. The number of carboxylic acids is 1. The zero-order valence-corrected chi connectivity index (χ0v) is 16.8. The Balaban J connectivity index is 1.96. The number of carboxylic acid groups (broad SMARTS) is 1. The number of nitrogens with zero attached hydrogens (tertiary/aromatic N) is 1. The number of hydrogen-bond donors (Lipinski definition) is 3. The minimum atomic E-state index is -1.22. The van der Waals surface area contributed by atoms with Crippen molar-refractivity contribution in [2.75, 3.05) is 0 Å². The van der Waals surface area contributed by atoms with E-state index >= 15 is 0 Å². The molecular weight excluding hydrogens is 432 g/mol. The Morgan fingerprint density at radius 3 is 2.58 bits per heavy atom. The maximum absolute atomic E-state index is 14.1. The number of halogens is 3. The summed E-state index contributed by atoms with van der Waals surface area (Å²) in [5.41, 5.74) is 0.725. The smallest absolute Gasteiger partial charge is 0.305 e. The van der Waals surface area contributed by atoms with E-state index < -0.39 is 36.2 Å². The lowest BCUT2D eigenvalue weighted by Crippen LogP contribution is -2.19. The molecule has 2 aromatic carbocycles. The van der Waals surface area contributed by atoms with E-state index in [0.29, 0.717) is 16.5 Å². The lowest BCUT2D eigenvalue weighted by atomic mass is 10.1. The molecule has 3 aromatic rings. The van der Waals surface area contributed by atoms with Gasteiger partial charge in [0, 0.05) is 23.6 Å². The maximum atomic E-state index is 14.1.